The highest BCUT2D eigenvalue weighted by atomic mass is 31.2. The van der Waals surface area contributed by atoms with E-state index in [2.05, 4.69) is 34.6 Å². The Labute approximate surface area is 511 Å². The lowest BCUT2D eigenvalue weighted by atomic mass is 10.0. The summed E-state index contributed by atoms with van der Waals surface area (Å²) in [6.07, 6.45) is 43.0. The molecule has 84 heavy (non-hydrogen) atoms. The molecule has 498 valence electrons. The number of carbonyl (C=O) groups excluding carboxylic acids is 4. The molecule has 2 unspecified atom stereocenters. The fourth-order valence-electron chi connectivity index (χ4n) is 9.76. The van der Waals surface area contributed by atoms with Gasteiger partial charge in [-0.3, -0.25) is 37.3 Å². The fraction of sp³-hybridized carbons (Fsp3) is 0.938. The number of esters is 4. The van der Waals surface area contributed by atoms with Crippen LogP contribution in [0.2, 0.25) is 0 Å². The Morgan fingerprint density at radius 1 is 0.321 bits per heavy atom. The lowest BCUT2D eigenvalue weighted by Crippen LogP contribution is -2.30. The third-order valence-electron chi connectivity index (χ3n) is 15.0. The van der Waals surface area contributed by atoms with Crippen LogP contribution in [0.25, 0.3) is 0 Å². The zero-order chi connectivity index (χ0) is 62.0. The van der Waals surface area contributed by atoms with Crippen molar-refractivity contribution in [1.82, 2.24) is 0 Å². The van der Waals surface area contributed by atoms with Gasteiger partial charge in [0.05, 0.1) is 26.4 Å². The van der Waals surface area contributed by atoms with E-state index < -0.39 is 97.5 Å². The summed E-state index contributed by atoms with van der Waals surface area (Å²) in [5.41, 5.74) is 0. The number of aliphatic hydroxyl groups is 1. The second kappa shape index (κ2) is 58.7. The number of phosphoric acid groups is 2. The Hall–Kier alpha value is -1.94. The summed E-state index contributed by atoms with van der Waals surface area (Å²) in [5.74, 6) is -1.45. The van der Waals surface area contributed by atoms with Crippen LogP contribution in [-0.4, -0.2) is 96.7 Å². The van der Waals surface area contributed by atoms with E-state index in [0.29, 0.717) is 31.6 Å². The van der Waals surface area contributed by atoms with Crippen LogP contribution in [0.4, 0.5) is 0 Å². The predicted molar refractivity (Wildman–Crippen MR) is 335 cm³/mol. The zero-order valence-electron chi connectivity index (χ0n) is 54.0. The van der Waals surface area contributed by atoms with E-state index in [4.69, 9.17) is 37.0 Å². The molecule has 0 amide bonds. The van der Waals surface area contributed by atoms with E-state index in [1.807, 2.05) is 0 Å². The van der Waals surface area contributed by atoms with Crippen molar-refractivity contribution in [2.24, 2.45) is 5.92 Å². The average Bonchev–Trinajstić information content (AvgIpc) is 3.59. The number of rotatable bonds is 65. The number of carbonyl (C=O) groups is 4. The van der Waals surface area contributed by atoms with E-state index in [1.165, 1.54) is 148 Å². The largest absolute Gasteiger partial charge is 0.472 e. The smallest absolute Gasteiger partial charge is 0.462 e. The van der Waals surface area contributed by atoms with Crippen LogP contribution < -0.4 is 0 Å². The number of unbranched alkanes of at least 4 members (excludes halogenated alkanes) is 37. The molecule has 0 aromatic carbocycles. The summed E-state index contributed by atoms with van der Waals surface area (Å²) < 4.78 is 68.0. The molecule has 0 saturated carbocycles. The summed E-state index contributed by atoms with van der Waals surface area (Å²) >= 11 is 0. The van der Waals surface area contributed by atoms with Gasteiger partial charge in [-0.05, 0) is 31.6 Å². The van der Waals surface area contributed by atoms with Crippen molar-refractivity contribution < 1.29 is 80.2 Å². The fourth-order valence-corrected chi connectivity index (χ4v) is 11.3. The molecular formula is C65H126O17P2. The van der Waals surface area contributed by atoms with Crippen LogP contribution in [0.1, 0.15) is 330 Å². The minimum Gasteiger partial charge on any atom is -0.462 e. The Balaban J connectivity index is 5.24. The van der Waals surface area contributed by atoms with Crippen LogP contribution in [0, 0.1) is 5.92 Å². The first-order valence-electron chi connectivity index (χ1n) is 34.1. The van der Waals surface area contributed by atoms with Gasteiger partial charge in [-0.2, -0.15) is 0 Å². The maximum atomic E-state index is 13.0. The first-order chi connectivity index (χ1) is 40.5. The van der Waals surface area contributed by atoms with Gasteiger partial charge < -0.3 is 33.8 Å². The Kier molecular flexibility index (Phi) is 57.4. The topological polar surface area (TPSA) is 237 Å². The van der Waals surface area contributed by atoms with Gasteiger partial charge >= 0.3 is 39.5 Å². The van der Waals surface area contributed by atoms with Crippen LogP contribution in [0.5, 0.6) is 0 Å². The molecule has 0 heterocycles. The summed E-state index contributed by atoms with van der Waals surface area (Å²) in [6, 6.07) is 0. The number of aliphatic hydroxyl groups excluding tert-OH is 1. The molecule has 5 atom stereocenters. The molecular weight excluding hydrogens is 1110 g/mol. The Bertz CT molecular complexity index is 1640. The monoisotopic (exact) mass is 1240 g/mol. The molecule has 3 N–H and O–H groups in total. The van der Waals surface area contributed by atoms with Crippen molar-refractivity contribution in [2.45, 2.75) is 348 Å². The summed E-state index contributed by atoms with van der Waals surface area (Å²) in [7, 11) is -9.89. The lowest BCUT2D eigenvalue weighted by molar-refractivity contribution is -0.161. The quantitative estimate of drug-likeness (QED) is 0.0222. The van der Waals surface area contributed by atoms with Gasteiger partial charge in [0.15, 0.2) is 12.2 Å². The molecule has 19 heteroatoms. The first-order valence-corrected chi connectivity index (χ1v) is 37.1. The summed E-state index contributed by atoms with van der Waals surface area (Å²) in [4.78, 5) is 72.2. The maximum Gasteiger partial charge on any atom is 0.472 e. The Morgan fingerprint density at radius 3 is 0.810 bits per heavy atom. The standard InChI is InChI=1S/C65H126O17P2/c1-6-9-12-15-18-21-24-27-29-32-38-43-48-62(67)75-54-60(81-65(70)51-46-41-34-31-28-25-22-19-16-13-10-7-2)56-79-83(71,72)77-52-59(66)53-78-84(73,74)80-57-61(55-76-63(68)49-44-39-36-35-37-42-47-58(4)5)82-64(69)50-45-40-33-30-26-23-20-17-14-11-8-3/h58-61,66H,6-57H2,1-5H3,(H,71,72)(H,73,74)/t59-,60-,61-/m1/s1. The van der Waals surface area contributed by atoms with E-state index in [0.717, 1.165) is 96.3 Å². The van der Waals surface area contributed by atoms with Crippen LogP contribution in [0.3, 0.4) is 0 Å². The van der Waals surface area contributed by atoms with Gasteiger partial charge in [-0.25, -0.2) is 9.13 Å². The van der Waals surface area contributed by atoms with Gasteiger partial charge in [0.1, 0.15) is 19.3 Å². The third kappa shape index (κ3) is 59.0. The van der Waals surface area contributed by atoms with Gasteiger partial charge in [0.25, 0.3) is 0 Å². The van der Waals surface area contributed by atoms with E-state index in [1.54, 1.807) is 0 Å². The molecule has 0 aliphatic rings. The summed E-state index contributed by atoms with van der Waals surface area (Å²) in [5, 5.41) is 10.5. The lowest BCUT2D eigenvalue weighted by Gasteiger charge is -2.21. The van der Waals surface area contributed by atoms with Crippen LogP contribution in [-0.2, 0) is 65.4 Å². The molecule has 17 nitrogen and oxygen atoms in total. The van der Waals surface area contributed by atoms with Crippen molar-refractivity contribution in [3.8, 4) is 0 Å². The Morgan fingerprint density at radius 2 is 0.548 bits per heavy atom. The van der Waals surface area contributed by atoms with Crippen LogP contribution >= 0.6 is 15.6 Å². The average molecular weight is 1240 g/mol. The zero-order valence-corrected chi connectivity index (χ0v) is 55.8. The molecule has 0 aliphatic heterocycles. The number of hydrogen-bond acceptors (Lipinski definition) is 15. The SMILES string of the molecule is CCCCCCCCCCCCCCC(=O)OC[C@H](COP(=O)(O)OC[C@@H](O)COP(=O)(O)OC[C@@H](COC(=O)CCCCCCCCC(C)C)OC(=O)CCCCCCCCCCCCC)OC(=O)CCCCCCCCCCCCCC. The maximum absolute atomic E-state index is 13.0. The second-order valence-electron chi connectivity index (χ2n) is 24.0. The van der Waals surface area contributed by atoms with Crippen molar-refractivity contribution >= 4 is 39.5 Å². The third-order valence-corrected chi connectivity index (χ3v) is 16.9. The predicted octanol–water partition coefficient (Wildman–Crippen LogP) is 18.2. The first kappa shape index (κ1) is 82.1. The minimum atomic E-state index is -4.94. The molecule has 0 aromatic heterocycles. The molecule has 0 saturated heterocycles. The van der Waals surface area contributed by atoms with Crippen molar-refractivity contribution in [3.05, 3.63) is 0 Å². The van der Waals surface area contributed by atoms with Crippen LogP contribution in [0.15, 0.2) is 0 Å². The van der Waals surface area contributed by atoms with Gasteiger partial charge in [-0.1, -0.05) is 279 Å². The van der Waals surface area contributed by atoms with Gasteiger partial charge in [-0.15, -0.1) is 0 Å². The van der Waals surface area contributed by atoms with E-state index >= 15 is 0 Å². The highest BCUT2D eigenvalue weighted by Crippen LogP contribution is 2.45. The molecule has 0 fully saturated rings. The van der Waals surface area contributed by atoms with Gasteiger partial charge in [0.2, 0.25) is 0 Å². The van der Waals surface area contributed by atoms with Crippen molar-refractivity contribution in [1.29, 1.82) is 0 Å². The highest BCUT2D eigenvalue weighted by molar-refractivity contribution is 7.47. The highest BCUT2D eigenvalue weighted by Gasteiger charge is 2.30. The van der Waals surface area contributed by atoms with Gasteiger partial charge in [0, 0.05) is 25.7 Å². The minimum absolute atomic E-state index is 0.106. The summed E-state index contributed by atoms with van der Waals surface area (Å²) in [6.45, 7) is 7.12. The normalized spacial score (nSPS) is 14.2. The number of hydrogen-bond donors (Lipinski definition) is 3. The molecule has 0 spiro atoms. The second-order valence-corrected chi connectivity index (χ2v) is 26.9. The number of ether oxygens (including phenoxy) is 4. The van der Waals surface area contributed by atoms with E-state index in [9.17, 15) is 43.2 Å². The molecule has 0 bridgehead atoms. The number of phosphoric ester groups is 2. The van der Waals surface area contributed by atoms with E-state index in [-0.39, 0.29) is 25.7 Å². The molecule has 0 aliphatic carbocycles. The van der Waals surface area contributed by atoms with Crippen molar-refractivity contribution in [2.75, 3.05) is 39.6 Å². The molecule has 0 rings (SSSR count). The van der Waals surface area contributed by atoms with Crippen molar-refractivity contribution in [3.63, 3.8) is 0 Å². The molecule has 0 aromatic rings. The molecule has 0 radical (unpaired) electrons.